The Hall–Kier alpha value is -3.79. The fraction of sp³-hybridized carbons (Fsp3) is 0.433. The molecule has 2 aliphatic rings. The number of hydrogen-bond acceptors (Lipinski definition) is 4. The van der Waals surface area contributed by atoms with Gasteiger partial charge in [-0.05, 0) is 68.1 Å². The maximum atomic E-state index is 13.9. The third-order valence-corrected chi connectivity index (χ3v) is 8.23. The van der Waals surface area contributed by atoms with Crippen molar-refractivity contribution in [3.8, 4) is 11.1 Å². The van der Waals surface area contributed by atoms with E-state index in [1.807, 2.05) is 36.7 Å². The molecule has 1 atom stereocenters. The van der Waals surface area contributed by atoms with E-state index in [0.717, 1.165) is 40.2 Å². The summed E-state index contributed by atoms with van der Waals surface area (Å²) in [5, 5.41) is 17.8. The molecule has 0 unspecified atom stereocenters. The van der Waals surface area contributed by atoms with E-state index in [9.17, 15) is 23.6 Å². The minimum atomic E-state index is -2.75. The molecule has 3 aromatic rings. The largest absolute Gasteiger partial charge is 0.618 e. The molecule has 212 valence electrons. The lowest BCUT2D eigenvalue weighted by Crippen LogP contribution is -2.50. The monoisotopic (exact) mass is 551 g/mol. The number of hydrogen-bond donors (Lipinski definition) is 2. The topological polar surface area (TPSA) is 93.3 Å². The van der Waals surface area contributed by atoms with Crippen molar-refractivity contribution in [2.75, 3.05) is 18.9 Å². The van der Waals surface area contributed by atoms with E-state index in [1.54, 1.807) is 31.2 Å². The highest BCUT2D eigenvalue weighted by Crippen LogP contribution is 2.38. The Bertz CT molecular complexity index is 1410. The highest BCUT2D eigenvalue weighted by Gasteiger charge is 2.40. The number of halogens is 2. The van der Waals surface area contributed by atoms with Crippen LogP contribution in [0.25, 0.3) is 11.1 Å². The molecule has 0 spiro atoms. The molecule has 40 heavy (non-hydrogen) atoms. The van der Waals surface area contributed by atoms with Gasteiger partial charge in [0.2, 0.25) is 11.8 Å². The number of aryl methyl sites for hydroxylation is 1. The second-order valence-electron chi connectivity index (χ2n) is 11.1. The molecule has 1 aromatic carbocycles. The average Bonchev–Trinajstić information content (AvgIpc) is 3.34. The van der Waals surface area contributed by atoms with Gasteiger partial charge >= 0.3 is 0 Å². The second kappa shape index (κ2) is 11.0. The van der Waals surface area contributed by atoms with Gasteiger partial charge in [0.1, 0.15) is 11.7 Å². The minimum Gasteiger partial charge on any atom is -0.618 e. The third kappa shape index (κ3) is 5.72. The average molecular weight is 552 g/mol. The zero-order chi connectivity index (χ0) is 28.6. The minimum absolute atomic E-state index is 0.142. The van der Waals surface area contributed by atoms with Crippen LogP contribution >= 0.6 is 0 Å². The van der Waals surface area contributed by atoms with Crippen LogP contribution in [0.2, 0.25) is 0 Å². The lowest BCUT2D eigenvalue weighted by molar-refractivity contribution is -0.611. The number of anilines is 1. The van der Waals surface area contributed by atoms with Crippen molar-refractivity contribution in [2.45, 2.75) is 64.6 Å². The number of carbonyl (C=O) groups excluding carboxylic acids is 2. The van der Waals surface area contributed by atoms with Crippen molar-refractivity contribution < 1.29 is 23.1 Å². The Morgan fingerprint density at radius 1 is 1.05 bits per heavy atom. The van der Waals surface area contributed by atoms with Gasteiger partial charge in [-0.1, -0.05) is 12.1 Å². The van der Waals surface area contributed by atoms with Crippen molar-refractivity contribution in [2.24, 2.45) is 5.92 Å². The smallest absolute Gasteiger partial charge is 0.268 e. The summed E-state index contributed by atoms with van der Waals surface area (Å²) in [4.78, 5) is 29.1. The molecule has 0 radical (unpaired) electrons. The number of nitrogens with one attached hydrogen (secondary N) is 2. The van der Waals surface area contributed by atoms with E-state index in [2.05, 4.69) is 15.5 Å². The lowest BCUT2D eigenvalue weighted by Gasteiger charge is -2.33. The molecule has 5 rings (SSSR count). The lowest BCUT2D eigenvalue weighted by atomic mass is 9.81. The number of rotatable bonds is 6. The summed E-state index contributed by atoms with van der Waals surface area (Å²) in [5.41, 5.74) is 5.19. The molecular formula is C30H35F2N5O3. The number of fused-ring (bicyclic) bond motifs is 1. The van der Waals surface area contributed by atoms with Crippen LogP contribution in [0.3, 0.4) is 0 Å². The Kier molecular flexibility index (Phi) is 7.63. The van der Waals surface area contributed by atoms with Gasteiger partial charge in [-0.3, -0.25) is 14.5 Å². The number of pyridine rings is 1. The first-order valence-electron chi connectivity index (χ1n) is 13.7. The summed E-state index contributed by atoms with van der Waals surface area (Å²) in [7, 11) is 2.02. The summed E-state index contributed by atoms with van der Waals surface area (Å²) in [6.07, 6.45) is 1.13. The fourth-order valence-corrected chi connectivity index (χ4v) is 5.89. The van der Waals surface area contributed by atoms with Crippen LogP contribution < -0.4 is 15.4 Å². The summed E-state index contributed by atoms with van der Waals surface area (Å²) in [6, 6.07) is 11.6. The number of amides is 2. The Balaban J connectivity index is 1.35. The van der Waals surface area contributed by atoms with Gasteiger partial charge < -0.3 is 20.4 Å². The summed E-state index contributed by atoms with van der Waals surface area (Å²) in [5.74, 6) is -3.98. The Morgan fingerprint density at radius 2 is 1.75 bits per heavy atom. The van der Waals surface area contributed by atoms with Crippen molar-refractivity contribution in [3.05, 3.63) is 76.5 Å². The van der Waals surface area contributed by atoms with Crippen molar-refractivity contribution in [1.29, 1.82) is 0 Å². The van der Waals surface area contributed by atoms with Gasteiger partial charge in [0.25, 0.3) is 5.91 Å². The standard InChI is InChI=1S/C30H35F2N5O3/c1-19-12-15-37(40)20(2)26(19)21-4-6-23(7-5-21)33-29(39)27(22-10-13-30(31,32)14-11-22)34-28(38)25-9-8-24-18-35(3)16-17-36(24)25/h4-9,12,15,22,27H,10-11,13-14,16-18H2,1-3H3,(H,33,39)(H,34,38)/t27-/m0/s1. The van der Waals surface area contributed by atoms with Gasteiger partial charge in [-0.15, -0.1) is 0 Å². The molecule has 1 fully saturated rings. The maximum Gasteiger partial charge on any atom is 0.268 e. The highest BCUT2D eigenvalue weighted by atomic mass is 19.3. The molecule has 0 bridgehead atoms. The van der Waals surface area contributed by atoms with E-state index < -0.39 is 23.8 Å². The first kappa shape index (κ1) is 27.8. The Labute approximate surface area is 232 Å². The third-order valence-electron chi connectivity index (χ3n) is 8.23. The summed E-state index contributed by atoms with van der Waals surface area (Å²) >= 11 is 0. The molecule has 0 saturated heterocycles. The van der Waals surface area contributed by atoms with Crippen LogP contribution in [0.5, 0.6) is 0 Å². The number of aromatic nitrogens is 2. The Morgan fingerprint density at radius 3 is 2.45 bits per heavy atom. The molecule has 1 aliphatic heterocycles. The number of nitrogens with zero attached hydrogens (tertiary/aromatic N) is 3. The number of benzene rings is 1. The zero-order valence-electron chi connectivity index (χ0n) is 23.0. The molecule has 10 heteroatoms. The van der Waals surface area contributed by atoms with Crippen LogP contribution in [-0.4, -0.2) is 46.8 Å². The predicted octanol–water partition coefficient (Wildman–Crippen LogP) is 4.41. The van der Waals surface area contributed by atoms with E-state index >= 15 is 0 Å². The summed E-state index contributed by atoms with van der Waals surface area (Å²) < 4.78 is 30.7. The van der Waals surface area contributed by atoms with Gasteiger partial charge in [0.15, 0.2) is 11.9 Å². The van der Waals surface area contributed by atoms with Crippen LogP contribution in [0.15, 0.2) is 48.7 Å². The van der Waals surface area contributed by atoms with E-state index in [1.165, 1.54) is 6.20 Å². The molecule has 2 aromatic heterocycles. The quantitative estimate of drug-likeness (QED) is 0.351. The molecule has 1 saturated carbocycles. The molecule has 2 N–H and O–H groups in total. The van der Waals surface area contributed by atoms with Crippen LogP contribution in [0, 0.1) is 25.0 Å². The van der Waals surface area contributed by atoms with Crippen LogP contribution in [0.4, 0.5) is 14.5 Å². The van der Waals surface area contributed by atoms with Crippen LogP contribution in [0.1, 0.15) is 53.1 Å². The van der Waals surface area contributed by atoms with Gasteiger partial charge in [0.05, 0.1) is 5.56 Å². The van der Waals surface area contributed by atoms with E-state index in [-0.39, 0.29) is 31.6 Å². The highest BCUT2D eigenvalue weighted by molar-refractivity contribution is 6.01. The molecule has 8 nitrogen and oxygen atoms in total. The fourth-order valence-electron chi connectivity index (χ4n) is 5.89. The number of likely N-dealkylation sites (N-methyl/N-ethyl adjacent to an activating group) is 1. The second-order valence-corrected chi connectivity index (χ2v) is 11.1. The zero-order valence-corrected chi connectivity index (χ0v) is 23.0. The number of alkyl halides is 2. The molecule has 1 aliphatic carbocycles. The maximum absolute atomic E-state index is 13.9. The summed E-state index contributed by atoms with van der Waals surface area (Å²) in [6.45, 7) is 5.87. The van der Waals surface area contributed by atoms with Crippen molar-refractivity contribution in [3.63, 3.8) is 0 Å². The molecule has 2 amide bonds. The SMILES string of the molecule is Cc1cc[n+]([O-])c(C)c1-c1ccc(NC(=O)[C@@H](NC(=O)c2ccc3n2CCN(C)C3)C2CCC(F)(F)CC2)cc1. The van der Waals surface area contributed by atoms with E-state index in [0.29, 0.717) is 23.6 Å². The normalized spacial score (nSPS) is 18.1. The van der Waals surface area contributed by atoms with Gasteiger partial charge in [-0.25, -0.2) is 8.78 Å². The van der Waals surface area contributed by atoms with E-state index in [4.69, 9.17) is 0 Å². The molecular weight excluding hydrogens is 516 g/mol. The van der Waals surface area contributed by atoms with Gasteiger partial charge in [0, 0.05) is 56.8 Å². The van der Waals surface area contributed by atoms with Crippen molar-refractivity contribution >= 4 is 17.5 Å². The first-order valence-corrected chi connectivity index (χ1v) is 13.7. The van der Waals surface area contributed by atoms with Crippen LogP contribution in [-0.2, 0) is 17.9 Å². The number of carbonyl (C=O) groups is 2. The predicted molar refractivity (Wildman–Crippen MR) is 148 cm³/mol. The molecule has 3 heterocycles. The van der Waals surface area contributed by atoms with Crippen molar-refractivity contribution in [1.82, 2.24) is 14.8 Å². The van der Waals surface area contributed by atoms with Gasteiger partial charge in [-0.2, -0.15) is 4.73 Å². The first-order chi connectivity index (χ1) is 19.0.